The van der Waals surface area contributed by atoms with Crippen LogP contribution in [0.25, 0.3) is 0 Å². The molecule has 1 aliphatic heterocycles. The van der Waals surface area contributed by atoms with Crippen LogP contribution in [0, 0.1) is 0 Å². The fourth-order valence-corrected chi connectivity index (χ4v) is 3.16. The molecule has 0 bridgehead atoms. The van der Waals surface area contributed by atoms with Crippen LogP contribution in [-0.4, -0.2) is 42.5 Å². The third kappa shape index (κ3) is 8.64. The van der Waals surface area contributed by atoms with Crippen molar-refractivity contribution in [3.63, 3.8) is 0 Å². The molecule has 1 heterocycles. The highest BCUT2D eigenvalue weighted by Crippen LogP contribution is 2.09. The minimum atomic E-state index is 1.10. The summed E-state index contributed by atoms with van der Waals surface area (Å²) in [4.78, 5) is 5.19. The molecule has 0 unspecified atom stereocenters. The van der Waals surface area contributed by atoms with Crippen molar-refractivity contribution < 1.29 is 0 Å². The SMILES string of the molecule is CC.CC.c1ccc(CCCN2CCN(Cc3ccccc3)CC2)cc1. The van der Waals surface area contributed by atoms with Crippen molar-refractivity contribution >= 4 is 0 Å². The Hall–Kier alpha value is -1.64. The van der Waals surface area contributed by atoms with E-state index in [2.05, 4.69) is 70.5 Å². The standard InChI is InChI=1S/C20H26N2.2C2H6/c1-3-8-19(9-4-1)12-7-13-21-14-16-22(17-15-21)18-20-10-5-2-6-11-20;2*1-2/h1-6,8-11H,7,12-18H2;2*1-2H3. The molecule has 2 aromatic rings. The van der Waals surface area contributed by atoms with Gasteiger partial charge in [-0.05, 0) is 30.5 Å². The molecule has 2 nitrogen and oxygen atoms in total. The molecule has 0 atom stereocenters. The Labute approximate surface area is 161 Å². The molecule has 2 aromatic carbocycles. The Kier molecular flexibility index (Phi) is 12.5. The summed E-state index contributed by atoms with van der Waals surface area (Å²) in [5, 5.41) is 0. The van der Waals surface area contributed by atoms with Gasteiger partial charge in [-0.15, -0.1) is 0 Å². The first-order chi connectivity index (χ1) is 12.9. The van der Waals surface area contributed by atoms with Crippen LogP contribution in [0.4, 0.5) is 0 Å². The van der Waals surface area contributed by atoms with E-state index in [9.17, 15) is 0 Å². The van der Waals surface area contributed by atoms with E-state index in [0.29, 0.717) is 0 Å². The molecule has 1 saturated heterocycles. The molecule has 0 N–H and O–H groups in total. The molecule has 0 aliphatic carbocycles. The third-order valence-corrected chi connectivity index (χ3v) is 4.50. The summed E-state index contributed by atoms with van der Waals surface area (Å²) in [5.41, 5.74) is 2.89. The lowest BCUT2D eigenvalue weighted by Gasteiger charge is -2.34. The van der Waals surface area contributed by atoms with Crippen LogP contribution in [0.5, 0.6) is 0 Å². The summed E-state index contributed by atoms with van der Waals surface area (Å²) in [7, 11) is 0. The van der Waals surface area contributed by atoms with Gasteiger partial charge in [0.2, 0.25) is 0 Å². The predicted octanol–water partition coefficient (Wildman–Crippen LogP) is 5.49. The molecule has 26 heavy (non-hydrogen) atoms. The summed E-state index contributed by atoms with van der Waals surface area (Å²) in [6, 6.07) is 21.7. The highest BCUT2D eigenvalue weighted by molar-refractivity contribution is 5.15. The second kappa shape index (κ2) is 14.5. The predicted molar refractivity (Wildman–Crippen MR) is 116 cm³/mol. The first-order valence-corrected chi connectivity index (χ1v) is 10.4. The maximum Gasteiger partial charge on any atom is 0.0234 e. The summed E-state index contributed by atoms with van der Waals surface area (Å²) >= 11 is 0. The highest BCUT2D eigenvalue weighted by Gasteiger charge is 2.16. The zero-order valence-electron chi connectivity index (χ0n) is 17.3. The van der Waals surface area contributed by atoms with Gasteiger partial charge in [-0.25, -0.2) is 0 Å². The normalized spacial score (nSPS) is 14.6. The van der Waals surface area contributed by atoms with Crippen molar-refractivity contribution in [2.75, 3.05) is 32.7 Å². The number of benzene rings is 2. The van der Waals surface area contributed by atoms with Gasteiger partial charge in [-0.1, -0.05) is 88.4 Å². The zero-order chi connectivity index (χ0) is 19.0. The quantitative estimate of drug-likeness (QED) is 0.677. The van der Waals surface area contributed by atoms with Gasteiger partial charge in [0.05, 0.1) is 0 Å². The molecule has 0 aromatic heterocycles. The summed E-state index contributed by atoms with van der Waals surface area (Å²) in [5.74, 6) is 0. The third-order valence-electron chi connectivity index (χ3n) is 4.50. The van der Waals surface area contributed by atoms with E-state index in [1.54, 1.807) is 0 Å². The molecule has 2 heteroatoms. The van der Waals surface area contributed by atoms with Gasteiger partial charge < -0.3 is 4.90 Å². The van der Waals surface area contributed by atoms with Gasteiger partial charge in [-0.3, -0.25) is 4.90 Å². The second-order valence-corrected chi connectivity index (χ2v) is 6.19. The van der Waals surface area contributed by atoms with Crippen LogP contribution in [0.15, 0.2) is 60.7 Å². The minimum Gasteiger partial charge on any atom is -0.301 e. The maximum atomic E-state index is 2.62. The number of piperazine rings is 1. The maximum absolute atomic E-state index is 2.62. The van der Waals surface area contributed by atoms with Gasteiger partial charge in [0.1, 0.15) is 0 Å². The molecule has 1 fully saturated rings. The van der Waals surface area contributed by atoms with Gasteiger partial charge in [0.15, 0.2) is 0 Å². The number of hydrogen-bond donors (Lipinski definition) is 0. The van der Waals surface area contributed by atoms with Crippen LogP contribution < -0.4 is 0 Å². The van der Waals surface area contributed by atoms with Gasteiger partial charge in [-0.2, -0.15) is 0 Å². The van der Waals surface area contributed by atoms with E-state index in [1.165, 1.54) is 56.7 Å². The van der Waals surface area contributed by atoms with E-state index < -0.39 is 0 Å². The average Bonchev–Trinajstić information content (AvgIpc) is 2.74. The van der Waals surface area contributed by atoms with Crippen molar-refractivity contribution in [2.45, 2.75) is 47.1 Å². The Morgan fingerprint density at radius 1 is 0.615 bits per heavy atom. The van der Waals surface area contributed by atoms with E-state index in [0.717, 1.165) is 6.54 Å². The van der Waals surface area contributed by atoms with Crippen molar-refractivity contribution in [3.05, 3.63) is 71.8 Å². The molecule has 0 amide bonds. The first-order valence-electron chi connectivity index (χ1n) is 10.4. The Morgan fingerprint density at radius 3 is 1.62 bits per heavy atom. The Morgan fingerprint density at radius 2 is 1.08 bits per heavy atom. The molecule has 144 valence electrons. The topological polar surface area (TPSA) is 6.48 Å². The van der Waals surface area contributed by atoms with Crippen molar-refractivity contribution in [2.24, 2.45) is 0 Å². The Bertz CT molecular complexity index is 531. The fraction of sp³-hybridized carbons (Fsp3) is 0.500. The van der Waals surface area contributed by atoms with Gasteiger partial charge >= 0.3 is 0 Å². The largest absolute Gasteiger partial charge is 0.301 e. The summed E-state index contributed by atoms with van der Waals surface area (Å²) in [6.45, 7) is 15.1. The molecule has 1 aliphatic rings. The zero-order valence-corrected chi connectivity index (χ0v) is 17.3. The smallest absolute Gasteiger partial charge is 0.0234 e. The summed E-state index contributed by atoms with van der Waals surface area (Å²) in [6.07, 6.45) is 2.47. The van der Waals surface area contributed by atoms with Crippen LogP contribution in [0.3, 0.4) is 0 Å². The lowest BCUT2D eigenvalue weighted by molar-refractivity contribution is 0.126. The molecular weight excluding hydrogens is 316 g/mol. The fourth-order valence-electron chi connectivity index (χ4n) is 3.16. The molecule has 3 rings (SSSR count). The number of aryl methyl sites for hydroxylation is 1. The lowest BCUT2D eigenvalue weighted by Crippen LogP contribution is -2.46. The molecule has 0 spiro atoms. The number of hydrogen-bond acceptors (Lipinski definition) is 2. The van der Waals surface area contributed by atoms with Gasteiger partial charge in [0.25, 0.3) is 0 Å². The monoisotopic (exact) mass is 354 g/mol. The average molecular weight is 355 g/mol. The van der Waals surface area contributed by atoms with E-state index in [1.807, 2.05) is 27.7 Å². The van der Waals surface area contributed by atoms with Gasteiger partial charge in [0, 0.05) is 32.7 Å². The highest BCUT2D eigenvalue weighted by atomic mass is 15.3. The lowest BCUT2D eigenvalue weighted by atomic mass is 10.1. The van der Waals surface area contributed by atoms with E-state index >= 15 is 0 Å². The molecule has 0 radical (unpaired) electrons. The van der Waals surface area contributed by atoms with Crippen molar-refractivity contribution in [1.29, 1.82) is 0 Å². The summed E-state index contributed by atoms with van der Waals surface area (Å²) < 4.78 is 0. The van der Waals surface area contributed by atoms with Crippen molar-refractivity contribution in [1.82, 2.24) is 9.80 Å². The number of nitrogens with zero attached hydrogens (tertiary/aromatic N) is 2. The van der Waals surface area contributed by atoms with E-state index in [4.69, 9.17) is 0 Å². The van der Waals surface area contributed by atoms with Crippen LogP contribution in [-0.2, 0) is 13.0 Å². The van der Waals surface area contributed by atoms with Crippen LogP contribution in [0.1, 0.15) is 45.2 Å². The minimum absolute atomic E-state index is 1.10. The van der Waals surface area contributed by atoms with E-state index in [-0.39, 0.29) is 0 Å². The van der Waals surface area contributed by atoms with Crippen molar-refractivity contribution in [3.8, 4) is 0 Å². The van der Waals surface area contributed by atoms with Crippen LogP contribution >= 0.6 is 0 Å². The Balaban J connectivity index is 0.000000791. The molecule has 0 saturated carbocycles. The number of rotatable bonds is 6. The second-order valence-electron chi connectivity index (χ2n) is 6.19. The first kappa shape index (κ1) is 22.4. The molecular formula is C24H38N2. The van der Waals surface area contributed by atoms with Crippen LogP contribution in [0.2, 0.25) is 0 Å².